The number of hydrogen-bond donors (Lipinski definition) is 1. The van der Waals surface area contributed by atoms with Crippen molar-refractivity contribution in [2.24, 2.45) is 0 Å². The lowest BCUT2D eigenvalue weighted by atomic mass is 10.0. The van der Waals surface area contributed by atoms with E-state index < -0.39 is 16.1 Å². The number of sulfonamides is 1. The van der Waals surface area contributed by atoms with Crippen LogP contribution in [0, 0.1) is 0 Å². The number of amides is 1. The van der Waals surface area contributed by atoms with E-state index in [1.54, 1.807) is 19.1 Å². The van der Waals surface area contributed by atoms with Crippen LogP contribution in [0.3, 0.4) is 0 Å². The minimum absolute atomic E-state index is 0.0708. The van der Waals surface area contributed by atoms with Gasteiger partial charge in [0.25, 0.3) is 0 Å². The zero-order chi connectivity index (χ0) is 22.5. The fourth-order valence-corrected chi connectivity index (χ4v) is 6.30. The first-order chi connectivity index (χ1) is 15.3. The van der Waals surface area contributed by atoms with E-state index in [4.69, 9.17) is 11.6 Å². The number of nitrogens with zero attached hydrogens (tertiary/aromatic N) is 2. The first kappa shape index (κ1) is 21.4. The van der Waals surface area contributed by atoms with Crippen molar-refractivity contribution in [1.29, 1.82) is 0 Å². The first-order valence-corrected chi connectivity index (χ1v) is 12.5. The van der Waals surface area contributed by atoms with Gasteiger partial charge in [0, 0.05) is 38.1 Å². The SMILES string of the molecule is CC(=O)N1CCN([C@@H]2c3cccc4cccc(c34)[C@@H]2NS(=O)(=O)c2ccc(Cl)cc2)CC1. The van der Waals surface area contributed by atoms with Crippen molar-refractivity contribution >= 4 is 38.3 Å². The third kappa shape index (κ3) is 3.69. The predicted molar refractivity (Wildman–Crippen MR) is 125 cm³/mol. The number of carbonyl (C=O) groups excluding carboxylic acids is 1. The lowest BCUT2D eigenvalue weighted by Gasteiger charge is -2.40. The lowest BCUT2D eigenvalue weighted by molar-refractivity contribution is -0.130. The van der Waals surface area contributed by atoms with Crippen molar-refractivity contribution in [3.63, 3.8) is 0 Å². The molecule has 0 radical (unpaired) electrons. The van der Waals surface area contributed by atoms with Crippen molar-refractivity contribution < 1.29 is 13.2 Å². The molecular formula is C24H24ClN3O3S. The summed E-state index contributed by atoms with van der Waals surface area (Å²) in [6, 6.07) is 17.8. The second-order valence-corrected chi connectivity index (χ2v) is 10.5. The molecular weight excluding hydrogens is 446 g/mol. The maximum atomic E-state index is 13.3. The molecule has 1 N–H and O–H groups in total. The smallest absolute Gasteiger partial charge is 0.241 e. The molecule has 3 aromatic carbocycles. The van der Waals surface area contributed by atoms with Crippen LogP contribution in [0.15, 0.2) is 65.6 Å². The van der Waals surface area contributed by atoms with Gasteiger partial charge in [0.2, 0.25) is 15.9 Å². The molecule has 6 nitrogen and oxygen atoms in total. The highest BCUT2D eigenvalue weighted by Crippen LogP contribution is 2.47. The average molecular weight is 470 g/mol. The summed E-state index contributed by atoms with van der Waals surface area (Å²) >= 11 is 5.96. The number of rotatable bonds is 4. The quantitative estimate of drug-likeness (QED) is 0.632. The largest absolute Gasteiger partial charge is 0.340 e. The molecule has 32 heavy (non-hydrogen) atoms. The molecule has 0 spiro atoms. The first-order valence-electron chi connectivity index (χ1n) is 10.6. The molecule has 166 valence electrons. The summed E-state index contributed by atoms with van der Waals surface area (Å²) in [7, 11) is -3.77. The monoisotopic (exact) mass is 469 g/mol. The predicted octanol–water partition coefficient (Wildman–Crippen LogP) is 3.73. The Morgan fingerprint density at radius 3 is 2.19 bits per heavy atom. The summed E-state index contributed by atoms with van der Waals surface area (Å²) in [6.45, 7) is 4.23. The van der Waals surface area contributed by atoms with E-state index in [2.05, 4.69) is 27.8 Å². The molecule has 1 aliphatic heterocycles. The number of halogens is 1. The van der Waals surface area contributed by atoms with Crippen LogP contribution < -0.4 is 4.72 Å². The second-order valence-electron chi connectivity index (χ2n) is 8.33. The Kier molecular flexibility index (Phi) is 5.45. The van der Waals surface area contributed by atoms with Gasteiger partial charge in [0.1, 0.15) is 0 Å². The Morgan fingerprint density at radius 1 is 0.938 bits per heavy atom. The van der Waals surface area contributed by atoms with Gasteiger partial charge in [-0.2, -0.15) is 0 Å². The van der Waals surface area contributed by atoms with Crippen LogP contribution in [-0.4, -0.2) is 50.3 Å². The van der Waals surface area contributed by atoms with Crippen molar-refractivity contribution in [2.75, 3.05) is 26.2 Å². The Morgan fingerprint density at radius 2 is 1.56 bits per heavy atom. The molecule has 0 bridgehead atoms. The maximum absolute atomic E-state index is 13.3. The van der Waals surface area contributed by atoms with Crippen LogP contribution in [-0.2, 0) is 14.8 Å². The van der Waals surface area contributed by atoms with Crippen LogP contribution in [0.25, 0.3) is 10.8 Å². The van der Waals surface area contributed by atoms with E-state index in [1.807, 2.05) is 23.1 Å². The highest BCUT2D eigenvalue weighted by atomic mass is 35.5. The van der Waals surface area contributed by atoms with Crippen molar-refractivity contribution in [3.05, 3.63) is 76.8 Å². The van der Waals surface area contributed by atoms with E-state index in [0.717, 1.165) is 21.9 Å². The van der Waals surface area contributed by atoms with E-state index in [0.29, 0.717) is 31.2 Å². The topological polar surface area (TPSA) is 69.7 Å². The average Bonchev–Trinajstić information content (AvgIpc) is 3.09. The molecule has 3 aromatic rings. The fraction of sp³-hybridized carbons (Fsp3) is 0.292. The van der Waals surface area contributed by atoms with Crippen LogP contribution in [0.4, 0.5) is 0 Å². The van der Waals surface area contributed by atoms with Crippen molar-refractivity contribution in [3.8, 4) is 0 Å². The maximum Gasteiger partial charge on any atom is 0.241 e. The molecule has 1 heterocycles. The van der Waals surface area contributed by atoms with Gasteiger partial charge in [-0.3, -0.25) is 9.69 Å². The lowest BCUT2D eigenvalue weighted by Crippen LogP contribution is -2.50. The molecule has 0 unspecified atom stereocenters. The van der Waals surface area contributed by atoms with Gasteiger partial charge >= 0.3 is 0 Å². The van der Waals surface area contributed by atoms with E-state index in [-0.39, 0.29) is 16.8 Å². The van der Waals surface area contributed by atoms with Gasteiger partial charge in [-0.1, -0.05) is 48.0 Å². The number of hydrogen-bond acceptors (Lipinski definition) is 4. The van der Waals surface area contributed by atoms with E-state index >= 15 is 0 Å². The third-order valence-corrected chi connectivity index (χ3v) is 8.21. The van der Waals surface area contributed by atoms with Crippen LogP contribution in [0.5, 0.6) is 0 Å². The van der Waals surface area contributed by atoms with Gasteiger partial charge in [0.15, 0.2) is 0 Å². The second kappa shape index (κ2) is 8.15. The summed E-state index contributed by atoms with van der Waals surface area (Å²) in [5.41, 5.74) is 2.10. The minimum atomic E-state index is -3.77. The zero-order valence-electron chi connectivity index (χ0n) is 17.7. The molecule has 1 saturated heterocycles. The molecule has 2 aliphatic rings. The van der Waals surface area contributed by atoms with Crippen molar-refractivity contribution in [1.82, 2.24) is 14.5 Å². The molecule has 8 heteroatoms. The van der Waals surface area contributed by atoms with Crippen LogP contribution in [0.2, 0.25) is 5.02 Å². The summed E-state index contributed by atoms with van der Waals surface area (Å²) < 4.78 is 29.6. The minimum Gasteiger partial charge on any atom is -0.340 e. The van der Waals surface area contributed by atoms with Crippen LogP contribution >= 0.6 is 11.6 Å². The normalized spacial score (nSPS) is 21.2. The Hall–Kier alpha value is -2.45. The highest BCUT2D eigenvalue weighted by Gasteiger charge is 2.41. The van der Waals surface area contributed by atoms with Gasteiger partial charge in [-0.25, -0.2) is 13.1 Å². The molecule has 5 rings (SSSR count). The fourth-order valence-electron chi connectivity index (χ4n) is 4.95. The summed E-state index contributed by atoms with van der Waals surface area (Å²) in [5.74, 6) is 0.0708. The number of nitrogens with one attached hydrogen (secondary N) is 1. The van der Waals surface area contributed by atoms with E-state index in [9.17, 15) is 13.2 Å². The molecule has 0 saturated carbocycles. The Bertz CT molecular complexity index is 1280. The van der Waals surface area contributed by atoms with Gasteiger partial charge in [0.05, 0.1) is 17.0 Å². The molecule has 1 aliphatic carbocycles. The van der Waals surface area contributed by atoms with Gasteiger partial charge in [-0.15, -0.1) is 0 Å². The Labute approximate surface area is 192 Å². The van der Waals surface area contributed by atoms with Gasteiger partial charge < -0.3 is 4.90 Å². The van der Waals surface area contributed by atoms with Crippen LogP contribution in [0.1, 0.15) is 30.1 Å². The summed E-state index contributed by atoms with van der Waals surface area (Å²) in [4.78, 5) is 16.1. The number of carbonyl (C=O) groups is 1. The number of benzene rings is 3. The highest BCUT2D eigenvalue weighted by molar-refractivity contribution is 7.89. The van der Waals surface area contributed by atoms with Crippen molar-refractivity contribution in [2.45, 2.75) is 23.9 Å². The molecule has 0 aromatic heterocycles. The van der Waals surface area contributed by atoms with E-state index in [1.165, 1.54) is 12.1 Å². The zero-order valence-corrected chi connectivity index (χ0v) is 19.2. The summed E-state index contributed by atoms with van der Waals surface area (Å²) in [6.07, 6.45) is 0. The summed E-state index contributed by atoms with van der Waals surface area (Å²) in [5, 5.41) is 2.70. The molecule has 1 amide bonds. The molecule has 1 fully saturated rings. The van der Waals surface area contributed by atoms with Gasteiger partial charge in [-0.05, 0) is 46.2 Å². The third-order valence-electron chi connectivity index (χ3n) is 6.50. The Balaban J connectivity index is 1.54. The number of piperazine rings is 1. The molecule has 2 atom stereocenters. The standard InChI is InChI=1S/C24H24ClN3O3S/c1-16(29)27-12-14-28(15-13-27)24-21-7-3-5-17-4-2-6-20(22(17)21)23(24)26-32(30,31)19-10-8-18(25)9-11-19/h2-11,23-24,26H,12-15H2,1H3/t23-,24+/m0/s1.